The lowest BCUT2D eigenvalue weighted by molar-refractivity contribution is -0.138. The number of amides is 2. The maximum absolute atomic E-state index is 12.1. The van der Waals surface area contributed by atoms with E-state index in [0.717, 1.165) is 11.4 Å². The fourth-order valence-electron chi connectivity index (χ4n) is 2.40. The minimum atomic E-state index is 0.0804. The Kier molecular flexibility index (Phi) is 5.14. The molecule has 1 fully saturated rings. The van der Waals surface area contributed by atoms with E-state index in [0.29, 0.717) is 39.1 Å². The average Bonchev–Trinajstić information content (AvgIpc) is 2.47. The predicted octanol–water partition coefficient (Wildman–Crippen LogP) is 0.883. The lowest BCUT2D eigenvalue weighted by Crippen LogP contribution is -2.50. The number of anilines is 1. The van der Waals surface area contributed by atoms with Crippen LogP contribution in [0, 0.1) is 6.92 Å². The van der Waals surface area contributed by atoms with Gasteiger partial charge in [-0.2, -0.15) is 0 Å². The number of nitrogens with one attached hydrogen (secondary N) is 1. The van der Waals surface area contributed by atoms with Gasteiger partial charge in [-0.05, 0) is 19.1 Å². The lowest BCUT2D eigenvalue weighted by Gasteiger charge is -2.34. The molecule has 0 atom stereocenters. The molecule has 0 aliphatic carbocycles. The standard InChI is InChI=1S/C15H22N4O2/c1-12-11-14(3-5-16-12)17-6-4-15(21)19-9-7-18(8-10-19)13(2)20/h3,5,11H,4,6-10H2,1-2H3,(H,16,17). The number of pyridine rings is 1. The fourth-order valence-corrected chi connectivity index (χ4v) is 2.40. The Hall–Kier alpha value is -2.11. The third kappa shape index (κ3) is 4.44. The Morgan fingerprint density at radius 1 is 1.24 bits per heavy atom. The minimum absolute atomic E-state index is 0.0804. The van der Waals surface area contributed by atoms with Gasteiger partial charge >= 0.3 is 0 Å². The molecule has 1 aromatic heterocycles. The van der Waals surface area contributed by atoms with Gasteiger partial charge in [0.1, 0.15) is 0 Å². The van der Waals surface area contributed by atoms with Crippen LogP contribution in [0.25, 0.3) is 0 Å². The van der Waals surface area contributed by atoms with Crippen molar-refractivity contribution >= 4 is 17.5 Å². The first kappa shape index (κ1) is 15.3. The molecule has 21 heavy (non-hydrogen) atoms. The SMILES string of the molecule is CC(=O)N1CCN(C(=O)CCNc2ccnc(C)c2)CC1. The Balaban J connectivity index is 1.72. The number of aryl methyl sites for hydroxylation is 1. The second kappa shape index (κ2) is 7.06. The summed E-state index contributed by atoms with van der Waals surface area (Å²) in [6.45, 7) is 6.65. The molecule has 6 heteroatoms. The monoisotopic (exact) mass is 290 g/mol. The van der Waals surface area contributed by atoms with Crippen LogP contribution in [0.2, 0.25) is 0 Å². The summed E-state index contributed by atoms with van der Waals surface area (Å²) >= 11 is 0. The smallest absolute Gasteiger partial charge is 0.224 e. The molecule has 2 amide bonds. The summed E-state index contributed by atoms with van der Waals surface area (Å²) in [6, 6.07) is 3.85. The molecule has 0 bridgehead atoms. The maximum atomic E-state index is 12.1. The van der Waals surface area contributed by atoms with Crippen molar-refractivity contribution in [1.29, 1.82) is 0 Å². The molecular weight excluding hydrogens is 268 g/mol. The van der Waals surface area contributed by atoms with E-state index >= 15 is 0 Å². The van der Waals surface area contributed by atoms with Crippen LogP contribution in [0.1, 0.15) is 19.0 Å². The summed E-state index contributed by atoms with van der Waals surface area (Å²) in [5.74, 6) is 0.216. The first-order valence-corrected chi connectivity index (χ1v) is 7.26. The second-order valence-corrected chi connectivity index (χ2v) is 5.25. The van der Waals surface area contributed by atoms with E-state index < -0.39 is 0 Å². The van der Waals surface area contributed by atoms with E-state index in [-0.39, 0.29) is 11.8 Å². The van der Waals surface area contributed by atoms with Gasteiger partial charge in [0, 0.05) is 63.6 Å². The van der Waals surface area contributed by atoms with Crippen molar-refractivity contribution < 1.29 is 9.59 Å². The number of hydrogen-bond acceptors (Lipinski definition) is 4. The largest absolute Gasteiger partial charge is 0.384 e. The number of nitrogens with zero attached hydrogens (tertiary/aromatic N) is 3. The van der Waals surface area contributed by atoms with Crippen molar-refractivity contribution in [2.24, 2.45) is 0 Å². The van der Waals surface area contributed by atoms with Crippen LogP contribution in [0.3, 0.4) is 0 Å². The van der Waals surface area contributed by atoms with Crippen LogP contribution in [0.15, 0.2) is 18.3 Å². The van der Waals surface area contributed by atoms with E-state index in [4.69, 9.17) is 0 Å². The molecule has 1 N–H and O–H groups in total. The molecule has 0 saturated carbocycles. The topological polar surface area (TPSA) is 65.5 Å². The van der Waals surface area contributed by atoms with Crippen molar-refractivity contribution in [3.8, 4) is 0 Å². The second-order valence-electron chi connectivity index (χ2n) is 5.25. The zero-order valence-corrected chi connectivity index (χ0v) is 12.6. The normalized spacial score (nSPS) is 15.0. The van der Waals surface area contributed by atoms with Gasteiger partial charge in [0.25, 0.3) is 0 Å². The molecule has 0 unspecified atom stereocenters. The van der Waals surface area contributed by atoms with Gasteiger partial charge in [-0.25, -0.2) is 0 Å². The van der Waals surface area contributed by atoms with Crippen LogP contribution >= 0.6 is 0 Å². The van der Waals surface area contributed by atoms with E-state index in [1.165, 1.54) is 0 Å². The third-order valence-electron chi connectivity index (χ3n) is 3.64. The molecular formula is C15H22N4O2. The van der Waals surface area contributed by atoms with Gasteiger partial charge in [-0.15, -0.1) is 0 Å². The number of carbonyl (C=O) groups is 2. The molecule has 114 valence electrons. The number of hydrogen-bond donors (Lipinski definition) is 1. The molecule has 1 saturated heterocycles. The van der Waals surface area contributed by atoms with Crippen LogP contribution < -0.4 is 5.32 Å². The highest BCUT2D eigenvalue weighted by atomic mass is 16.2. The van der Waals surface area contributed by atoms with Gasteiger partial charge in [-0.1, -0.05) is 0 Å². The Morgan fingerprint density at radius 3 is 2.52 bits per heavy atom. The summed E-state index contributed by atoms with van der Waals surface area (Å²) in [5.41, 5.74) is 1.93. The molecule has 1 aromatic rings. The Morgan fingerprint density at radius 2 is 1.90 bits per heavy atom. The highest BCUT2D eigenvalue weighted by Crippen LogP contribution is 2.08. The molecule has 0 aromatic carbocycles. The molecule has 0 radical (unpaired) electrons. The van der Waals surface area contributed by atoms with E-state index in [2.05, 4.69) is 10.3 Å². The average molecular weight is 290 g/mol. The lowest BCUT2D eigenvalue weighted by atomic mass is 10.2. The van der Waals surface area contributed by atoms with Gasteiger partial charge in [0.05, 0.1) is 0 Å². The Labute approximate surface area is 125 Å². The third-order valence-corrected chi connectivity index (χ3v) is 3.64. The van der Waals surface area contributed by atoms with Crippen LogP contribution in [0.4, 0.5) is 5.69 Å². The number of piperazine rings is 1. The zero-order chi connectivity index (χ0) is 15.2. The molecule has 2 heterocycles. The summed E-state index contributed by atoms with van der Waals surface area (Å²) in [4.78, 5) is 31.1. The van der Waals surface area contributed by atoms with Crippen molar-refractivity contribution in [3.63, 3.8) is 0 Å². The predicted molar refractivity (Wildman–Crippen MR) is 80.9 cm³/mol. The van der Waals surface area contributed by atoms with Crippen LogP contribution in [0.5, 0.6) is 0 Å². The zero-order valence-electron chi connectivity index (χ0n) is 12.6. The fraction of sp³-hybridized carbons (Fsp3) is 0.533. The molecule has 0 spiro atoms. The van der Waals surface area contributed by atoms with Crippen molar-refractivity contribution in [2.75, 3.05) is 38.0 Å². The van der Waals surface area contributed by atoms with Crippen LogP contribution in [-0.4, -0.2) is 59.3 Å². The summed E-state index contributed by atoms with van der Waals surface area (Å²) in [5, 5.41) is 3.23. The van der Waals surface area contributed by atoms with Crippen molar-refractivity contribution in [1.82, 2.24) is 14.8 Å². The van der Waals surface area contributed by atoms with Gasteiger partial charge in [0.2, 0.25) is 11.8 Å². The highest BCUT2D eigenvalue weighted by molar-refractivity contribution is 5.78. The molecule has 2 rings (SSSR count). The number of aromatic nitrogens is 1. The van der Waals surface area contributed by atoms with Gasteiger partial charge in [0.15, 0.2) is 0 Å². The number of carbonyl (C=O) groups excluding carboxylic acids is 2. The molecule has 1 aliphatic rings. The quantitative estimate of drug-likeness (QED) is 0.894. The van der Waals surface area contributed by atoms with Crippen LogP contribution in [-0.2, 0) is 9.59 Å². The first-order chi connectivity index (χ1) is 10.1. The minimum Gasteiger partial charge on any atom is -0.384 e. The first-order valence-electron chi connectivity index (χ1n) is 7.26. The van der Waals surface area contributed by atoms with E-state index in [1.807, 2.05) is 24.0 Å². The van der Waals surface area contributed by atoms with Gasteiger partial charge in [-0.3, -0.25) is 14.6 Å². The summed E-state index contributed by atoms with van der Waals surface area (Å²) in [7, 11) is 0. The summed E-state index contributed by atoms with van der Waals surface area (Å²) in [6.07, 6.45) is 2.21. The molecule has 6 nitrogen and oxygen atoms in total. The van der Waals surface area contributed by atoms with E-state index in [9.17, 15) is 9.59 Å². The van der Waals surface area contributed by atoms with Crippen molar-refractivity contribution in [3.05, 3.63) is 24.0 Å². The van der Waals surface area contributed by atoms with Crippen molar-refractivity contribution in [2.45, 2.75) is 20.3 Å². The molecule has 1 aliphatic heterocycles. The number of rotatable bonds is 4. The maximum Gasteiger partial charge on any atom is 0.224 e. The highest BCUT2D eigenvalue weighted by Gasteiger charge is 2.21. The van der Waals surface area contributed by atoms with E-state index in [1.54, 1.807) is 18.0 Å². The van der Waals surface area contributed by atoms with Gasteiger partial charge < -0.3 is 15.1 Å². The summed E-state index contributed by atoms with van der Waals surface area (Å²) < 4.78 is 0. The Bertz CT molecular complexity index is 510.